The molecule has 0 aliphatic rings. The largest absolute Gasteiger partial charge is 0.497 e. The van der Waals surface area contributed by atoms with Gasteiger partial charge in [0.05, 0.1) is 25.6 Å². The summed E-state index contributed by atoms with van der Waals surface area (Å²) in [6.07, 6.45) is 0. The maximum absolute atomic E-state index is 5.15. The summed E-state index contributed by atoms with van der Waals surface area (Å²) in [4.78, 5) is 1.62. The number of methoxy groups -OCH3 is 2. The maximum Gasteiger partial charge on any atom is 0.120 e. The molecule has 0 aromatic heterocycles. The van der Waals surface area contributed by atoms with Crippen LogP contribution in [-0.2, 0) is 0 Å². The van der Waals surface area contributed by atoms with Gasteiger partial charge >= 0.3 is 0 Å². The van der Waals surface area contributed by atoms with Crippen LogP contribution < -0.4 is 14.8 Å². The van der Waals surface area contributed by atoms with Gasteiger partial charge in [-0.05, 0) is 36.4 Å². The third-order valence-corrected chi connectivity index (χ3v) is 3.42. The lowest BCUT2D eigenvalue weighted by Gasteiger charge is -2.13. The molecule has 0 unspecified atom stereocenters. The molecule has 2 rings (SSSR count). The molecule has 0 aliphatic heterocycles. The molecule has 3 nitrogen and oxygen atoms in total. The summed E-state index contributed by atoms with van der Waals surface area (Å²) in [5, 5.41) is 3.28. The van der Waals surface area contributed by atoms with E-state index in [1.807, 2.05) is 36.4 Å². The van der Waals surface area contributed by atoms with Gasteiger partial charge in [0.1, 0.15) is 11.5 Å². The van der Waals surface area contributed by atoms with Crippen molar-refractivity contribution in [3.8, 4) is 11.5 Å². The SMILES string of the molecule is COc1ccc(Nc2ccc(OC)cc2S)c(S)c1. The number of anilines is 2. The predicted octanol–water partition coefficient (Wildman–Crippen LogP) is 4.02. The summed E-state index contributed by atoms with van der Waals surface area (Å²) in [5.74, 6) is 1.55. The molecule has 0 amide bonds. The molecule has 0 saturated carbocycles. The Labute approximate surface area is 123 Å². The number of benzene rings is 2. The van der Waals surface area contributed by atoms with Crippen molar-refractivity contribution in [3.05, 3.63) is 36.4 Å². The second kappa shape index (κ2) is 6.12. The van der Waals surface area contributed by atoms with Crippen molar-refractivity contribution in [2.75, 3.05) is 19.5 Å². The Balaban J connectivity index is 2.26. The minimum absolute atomic E-state index is 0.774. The average molecular weight is 293 g/mol. The van der Waals surface area contributed by atoms with E-state index in [1.54, 1.807) is 14.2 Å². The van der Waals surface area contributed by atoms with Crippen molar-refractivity contribution in [2.24, 2.45) is 0 Å². The van der Waals surface area contributed by atoms with Crippen molar-refractivity contribution in [1.29, 1.82) is 0 Å². The highest BCUT2D eigenvalue weighted by Gasteiger charge is 2.05. The van der Waals surface area contributed by atoms with Crippen molar-refractivity contribution in [1.82, 2.24) is 0 Å². The predicted molar refractivity (Wildman–Crippen MR) is 83.8 cm³/mol. The first-order valence-corrected chi connectivity index (χ1v) is 6.54. The monoisotopic (exact) mass is 293 g/mol. The lowest BCUT2D eigenvalue weighted by Crippen LogP contribution is -1.94. The molecule has 0 atom stereocenters. The van der Waals surface area contributed by atoms with Crippen LogP contribution in [0.4, 0.5) is 11.4 Å². The lowest BCUT2D eigenvalue weighted by molar-refractivity contribution is 0.414. The average Bonchev–Trinajstić information content (AvgIpc) is 2.42. The van der Waals surface area contributed by atoms with Crippen molar-refractivity contribution < 1.29 is 9.47 Å². The molecule has 19 heavy (non-hydrogen) atoms. The van der Waals surface area contributed by atoms with Crippen molar-refractivity contribution in [2.45, 2.75) is 9.79 Å². The van der Waals surface area contributed by atoms with E-state index in [9.17, 15) is 0 Å². The van der Waals surface area contributed by atoms with Gasteiger partial charge in [0.25, 0.3) is 0 Å². The molecule has 0 heterocycles. The second-order valence-corrected chi connectivity index (χ2v) is 4.85. The highest BCUT2D eigenvalue weighted by atomic mass is 32.1. The third-order valence-electron chi connectivity index (χ3n) is 2.68. The van der Waals surface area contributed by atoms with E-state index in [4.69, 9.17) is 9.47 Å². The molecule has 2 aromatic carbocycles. The Morgan fingerprint density at radius 2 is 1.21 bits per heavy atom. The Hall–Kier alpha value is -1.46. The van der Waals surface area contributed by atoms with E-state index in [-0.39, 0.29) is 0 Å². The van der Waals surface area contributed by atoms with E-state index in [2.05, 4.69) is 30.6 Å². The number of ether oxygens (including phenoxy) is 2. The molecule has 0 aliphatic carbocycles. The summed E-state index contributed by atoms with van der Waals surface area (Å²) in [6, 6.07) is 11.3. The lowest BCUT2D eigenvalue weighted by atomic mass is 10.2. The minimum atomic E-state index is 0.774. The van der Waals surface area contributed by atoms with Crippen LogP contribution in [0.5, 0.6) is 11.5 Å². The Morgan fingerprint density at radius 1 is 0.789 bits per heavy atom. The first-order chi connectivity index (χ1) is 9.13. The van der Waals surface area contributed by atoms with E-state index < -0.39 is 0 Å². The Kier molecular flexibility index (Phi) is 4.50. The standard InChI is InChI=1S/C14H15NO2S2/c1-16-9-3-5-11(13(18)7-9)15-12-6-4-10(17-2)8-14(12)19/h3-8,15,18-19H,1-2H3. The molecule has 0 radical (unpaired) electrons. The molecule has 0 fully saturated rings. The summed E-state index contributed by atoms with van der Waals surface area (Å²) in [6.45, 7) is 0. The van der Waals surface area contributed by atoms with Gasteiger partial charge in [0.15, 0.2) is 0 Å². The van der Waals surface area contributed by atoms with Crippen LogP contribution in [-0.4, -0.2) is 14.2 Å². The first kappa shape index (κ1) is 14.0. The molecule has 1 N–H and O–H groups in total. The fraction of sp³-hybridized carbons (Fsp3) is 0.143. The quantitative estimate of drug-likeness (QED) is 0.744. The summed E-state index contributed by atoms with van der Waals surface area (Å²) >= 11 is 8.87. The molecular weight excluding hydrogens is 278 g/mol. The number of nitrogens with one attached hydrogen (secondary N) is 1. The van der Waals surface area contributed by atoms with Crippen LogP contribution in [0.3, 0.4) is 0 Å². The summed E-state index contributed by atoms with van der Waals surface area (Å²) in [5.41, 5.74) is 1.79. The van der Waals surface area contributed by atoms with Crippen molar-refractivity contribution in [3.63, 3.8) is 0 Å². The first-order valence-electron chi connectivity index (χ1n) is 5.65. The zero-order valence-corrected chi connectivity index (χ0v) is 12.5. The molecule has 2 aromatic rings. The van der Waals surface area contributed by atoms with Gasteiger partial charge in [0, 0.05) is 9.79 Å². The van der Waals surface area contributed by atoms with Gasteiger partial charge in [0.2, 0.25) is 0 Å². The maximum atomic E-state index is 5.15. The molecule has 5 heteroatoms. The molecule has 100 valence electrons. The van der Waals surface area contributed by atoms with Gasteiger partial charge < -0.3 is 14.8 Å². The van der Waals surface area contributed by atoms with Crippen LogP contribution in [0, 0.1) is 0 Å². The van der Waals surface area contributed by atoms with E-state index in [1.165, 1.54) is 0 Å². The van der Waals surface area contributed by atoms with Gasteiger partial charge in [-0.1, -0.05) is 0 Å². The number of thiol groups is 2. The van der Waals surface area contributed by atoms with E-state index in [0.717, 1.165) is 32.7 Å². The van der Waals surface area contributed by atoms with Gasteiger partial charge in [-0.25, -0.2) is 0 Å². The Bertz CT molecular complexity index is 536. The number of hydrogen-bond acceptors (Lipinski definition) is 5. The van der Waals surface area contributed by atoms with Crippen LogP contribution in [0.1, 0.15) is 0 Å². The normalized spacial score (nSPS) is 10.1. The number of rotatable bonds is 4. The number of hydrogen-bond donors (Lipinski definition) is 3. The summed E-state index contributed by atoms with van der Waals surface area (Å²) < 4.78 is 10.3. The van der Waals surface area contributed by atoms with Crippen LogP contribution in [0.2, 0.25) is 0 Å². The highest BCUT2D eigenvalue weighted by molar-refractivity contribution is 7.80. The zero-order chi connectivity index (χ0) is 13.8. The minimum Gasteiger partial charge on any atom is -0.497 e. The fourth-order valence-corrected chi connectivity index (χ4v) is 2.15. The zero-order valence-electron chi connectivity index (χ0n) is 10.7. The third kappa shape index (κ3) is 3.30. The van der Waals surface area contributed by atoms with Crippen LogP contribution >= 0.6 is 25.3 Å². The van der Waals surface area contributed by atoms with Crippen LogP contribution in [0.15, 0.2) is 46.2 Å². The van der Waals surface area contributed by atoms with Crippen molar-refractivity contribution >= 4 is 36.6 Å². The molecule has 0 bridgehead atoms. The van der Waals surface area contributed by atoms with E-state index in [0.29, 0.717) is 0 Å². The Morgan fingerprint density at radius 3 is 1.53 bits per heavy atom. The highest BCUT2D eigenvalue weighted by Crippen LogP contribution is 2.32. The summed E-state index contributed by atoms with van der Waals surface area (Å²) in [7, 11) is 3.26. The van der Waals surface area contributed by atoms with Gasteiger partial charge in [-0.15, -0.1) is 25.3 Å². The van der Waals surface area contributed by atoms with Crippen LogP contribution in [0.25, 0.3) is 0 Å². The molecular formula is C14H15NO2S2. The van der Waals surface area contributed by atoms with Gasteiger partial charge in [-0.3, -0.25) is 0 Å². The molecule has 0 spiro atoms. The second-order valence-electron chi connectivity index (χ2n) is 3.89. The topological polar surface area (TPSA) is 30.5 Å². The fourth-order valence-electron chi connectivity index (χ4n) is 1.63. The smallest absolute Gasteiger partial charge is 0.120 e. The van der Waals surface area contributed by atoms with Gasteiger partial charge in [-0.2, -0.15) is 0 Å². The van der Waals surface area contributed by atoms with E-state index >= 15 is 0 Å². The molecule has 0 saturated heterocycles.